The lowest BCUT2D eigenvalue weighted by atomic mass is 10.1. The first-order valence-electron chi connectivity index (χ1n) is 13.5. The molecule has 2 aliphatic heterocycles. The number of rotatable bonds is 5. The second kappa shape index (κ2) is 10.1. The minimum atomic E-state index is -0.546. The van der Waals surface area contributed by atoms with Crippen LogP contribution in [0.3, 0.4) is 0 Å². The molecule has 2 aromatic heterocycles. The predicted octanol–water partition coefficient (Wildman–Crippen LogP) is 1.38. The summed E-state index contributed by atoms with van der Waals surface area (Å²) in [5.74, 6) is -0.285. The maximum atomic E-state index is 13.6. The number of carbonyl (C=O) groups excluding carboxylic acids is 2. The molecule has 2 fully saturated rings. The van der Waals surface area contributed by atoms with Crippen molar-refractivity contribution in [1.82, 2.24) is 23.6 Å². The van der Waals surface area contributed by atoms with Gasteiger partial charge in [-0.25, -0.2) is 14.1 Å². The minimum Gasteiger partial charge on any atom is -0.340 e. The van der Waals surface area contributed by atoms with Crippen LogP contribution in [0.2, 0.25) is 0 Å². The molecule has 1 atom stereocenters. The van der Waals surface area contributed by atoms with Crippen LogP contribution < -0.4 is 21.0 Å². The number of fused-ring (bicyclic) bond motifs is 1. The number of anilines is 2. The summed E-state index contributed by atoms with van der Waals surface area (Å²) in [5.41, 5.74) is 1.85. The highest BCUT2D eigenvalue weighted by atomic mass is 19.1. The largest absolute Gasteiger partial charge is 0.340 e. The van der Waals surface area contributed by atoms with Gasteiger partial charge in [0.25, 0.3) is 11.5 Å². The van der Waals surface area contributed by atoms with Gasteiger partial charge in [-0.2, -0.15) is 4.98 Å². The van der Waals surface area contributed by atoms with Crippen LogP contribution in [0.1, 0.15) is 17.5 Å². The Hall–Kier alpha value is -4.58. The molecule has 6 rings (SSSR count). The van der Waals surface area contributed by atoms with Crippen molar-refractivity contribution in [1.29, 1.82) is 0 Å². The first-order chi connectivity index (χ1) is 19.7. The van der Waals surface area contributed by atoms with Crippen LogP contribution >= 0.6 is 0 Å². The number of benzene rings is 2. The topological polar surface area (TPSA) is 106 Å². The van der Waals surface area contributed by atoms with Gasteiger partial charge in [0, 0.05) is 40.3 Å². The maximum absolute atomic E-state index is 13.6. The number of para-hydroxylation sites is 1. The third kappa shape index (κ3) is 4.44. The zero-order chi connectivity index (χ0) is 29.0. The molecule has 4 aromatic rings. The van der Waals surface area contributed by atoms with Gasteiger partial charge in [-0.3, -0.25) is 33.0 Å². The van der Waals surface area contributed by atoms with Crippen molar-refractivity contribution >= 4 is 34.6 Å². The lowest BCUT2D eigenvalue weighted by molar-refractivity contribution is -0.123. The standard InChI is InChI=1S/C29H30FN7O4/c1-18-6-4-5-7-21(18)37-23(38)16-22(26(37)39)34-12-14-35(15-13-34)28-31-25-24(27(40)33(3)29(41)32(25)2)36(28)17-19-8-10-20(30)11-9-19/h4-11,22H,12-17H2,1-3H3. The fourth-order valence-electron chi connectivity index (χ4n) is 5.80. The number of imidazole rings is 1. The Morgan fingerprint density at radius 3 is 2.27 bits per heavy atom. The van der Waals surface area contributed by atoms with E-state index < -0.39 is 17.3 Å². The van der Waals surface area contributed by atoms with Crippen LogP contribution in [-0.2, 0) is 30.2 Å². The van der Waals surface area contributed by atoms with E-state index in [0.29, 0.717) is 37.8 Å². The summed E-state index contributed by atoms with van der Waals surface area (Å²) < 4.78 is 17.8. The van der Waals surface area contributed by atoms with E-state index in [9.17, 15) is 23.6 Å². The molecule has 1 unspecified atom stereocenters. The Morgan fingerprint density at radius 1 is 0.902 bits per heavy atom. The van der Waals surface area contributed by atoms with Gasteiger partial charge in [-0.15, -0.1) is 0 Å². The third-order valence-electron chi connectivity index (χ3n) is 8.10. The molecule has 12 heteroatoms. The van der Waals surface area contributed by atoms with E-state index in [1.54, 1.807) is 29.8 Å². The van der Waals surface area contributed by atoms with Crippen molar-refractivity contribution in [3.05, 3.63) is 86.3 Å². The van der Waals surface area contributed by atoms with Gasteiger partial charge < -0.3 is 4.90 Å². The average Bonchev–Trinajstić information content (AvgIpc) is 3.49. The number of nitrogens with zero attached hydrogens (tertiary/aromatic N) is 7. The molecule has 2 amide bonds. The quantitative estimate of drug-likeness (QED) is 0.340. The van der Waals surface area contributed by atoms with E-state index in [1.807, 2.05) is 34.9 Å². The van der Waals surface area contributed by atoms with Crippen LogP contribution in [0, 0.1) is 12.7 Å². The third-order valence-corrected chi connectivity index (χ3v) is 8.10. The van der Waals surface area contributed by atoms with Crippen molar-refractivity contribution < 1.29 is 14.0 Å². The van der Waals surface area contributed by atoms with Gasteiger partial charge in [0.2, 0.25) is 11.9 Å². The summed E-state index contributed by atoms with van der Waals surface area (Å²) in [6.07, 6.45) is 0.119. The Bertz CT molecular complexity index is 1800. The zero-order valence-electron chi connectivity index (χ0n) is 23.1. The fourth-order valence-corrected chi connectivity index (χ4v) is 5.80. The molecule has 2 aromatic carbocycles. The monoisotopic (exact) mass is 559 g/mol. The van der Waals surface area contributed by atoms with E-state index >= 15 is 0 Å². The van der Waals surface area contributed by atoms with Gasteiger partial charge in [0.15, 0.2) is 11.2 Å². The lowest BCUT2D eigenvalue weighted by Gasteiger charge is -2.37. The SMILES string of the molecule is Cc1ccccc1N1C(=O)CC(N2CCN(c3nc4c(c(=O)n(C)c(=O)n4C)n3Cc3ccc(F)cc3)CC2)C1=O. The van der Waals surface area contributed by atoms with Crippen molar-refractivity contribution in [3.8, 4) is 0 Å². The number of aromatic nitrogens is 4. The summed E-state index contributed by atoms with van der Waals surface area (Å²) in [6, 6.07) is 12.8. The lowest BCUT2D eigenvalue weighted by Crippen LogP contribution is -2.53. The summed E-state index contributed by atoms with van der Waals surface area (Å²) in [7, 11) is 3.00. The number of carbonyl (C=O) groups is 2. The first-order valence-corrected chi connectivity index (χ1v) is 13.5. The number of halogens is 1. The molecule has 11 nitrogen and oxygen atoms in total. The molecule has 2 aliphatic rings. The molecule has 0 bridgehead atoms. The Labute approximate surface area is 234 Å². The van der Waals surface area contributed by atoms with E-state index in [4.69, 9.17) is 4.98 Å². The van der Waals surface area contributed by atoms with Crippen molar-refractivity contribution in [2.45, 2.75) is 25.9 Å². The first kappa shape index (κ1) is 26.6. The molecule has 2 saturated heterocycles. The summed E-state index contributed by atoms with van der Waals surface area (Å²) >= 11 is 0. The highest BCUT2D eigenvalue weighted by Crippen LogP contribution is 2.30. The molecule has 0 radical (unpaired) electrons. The van der Waals surface area contributed by atoms with Crippen LogP contribution in [-0.4, -0.2) is 67.6 Å². The second-order valence-electron chi connectivity index (χ2n) is 10.6. The normalized spacial score (nSPS) is 18.2. The smallest absolute Gasteiger partial charge is 0.332 e. The Balaban J connectivity index is 1.30. The number of aryl methyl sites for hydroxylation is 2. The number of imide groups is 1. The average molecular weight is 560 g/mol. The summed E-state index contributed by atoms with van der Waals surface area (Å²) in [6.45, 7) is 4.11. The molecule has 41 heavy (non-hydrogen) atoms. The molecule has 0 aliphatic carbocycles. The molecule has 0 spiro atoms. The number of hydrogen-bond donors (Lipinski definition) is 0. The minimum absolute atomic E-state index is 0.119. The van der Waals surface area contributed by atoms with Crippen molar-refractivity contribution in [3.63, 3.8) is 0 Å². The molecule has 212 valence electrons. The Kier molecular flexibility index (Phi) is 6.57. The molecular formula is C29H30FN7O4. The van der Waals surface area contributed by atoms with E-state index in [-0.39, 0.29) is 41.8 Å². The maximum Gasteiger partial charge on any atom is 0.332 e. The molecule has 0 saturated carbocycles. The number of piperazine rings is 1. The van der Waals surface area contributed by atoms with Crippen LogP contribution in [0.4, 0.5) is 16.0 Å². The second-order valence-corrected chi connectivity index (χ2v) is 10.6. The van der Waals surface area contributed by atoms with Crippen LogP contribution in [0.15, 0.2) is 58.1 Å². The van der Waals surface area contributed by atoms with E-state index in [1.165, 1.54) is 28.6 Å². The Morgan fingerprint density at radius 2 is 1.59 bits per heavy atom. The summed E-state index contributed by atoms with van der Waals surface area (Å²) in [5, 5.41) is 0. The molecular weight excluding hydrogens is 529 g/mol. The fraction of sp³-hybridized carbons (Fsp3) is 0.345. The molecule has 4 heterocycles. The van der Waals surface area contributed by atoms with Crippen LogP contribution in [0.5, 0.6) is 0 Å². The molecule has 0 N–H and O–H groups in total. The highest BCUT2D eigenvalue weighted by molar-refractivity contribution is 6.22. The van der Waals surface area contributed by atoms with E-state index in [2.05, 4.69) is 0 Å². The van der Waals surface area contributed by atoms with Gasteiger partial charge in [0.05, 0.1) is 24.7 Å². The van der Waals surface area contributed by atoms with Crippen molar-refractivity contribution in [2.75, 3.05) is 36.0 Å². The number of amides is 2. The van der Waals surface area contributed by atoms with E-state index in [0.717, 1.165) is 15.7 Å². The van der Waals surface area contributed by atoms with Gasteiger partial charge in [-0.05, 0) is 36.2 Å². The zero-order valence-corrected chi connectivity index (χ0v) is 23.1. The summed E-state index contributed by atoms with van der Waals surface area (Å²) in [4.78, 5) is 62.3. The number of hydrogen-bond acceptors (Lipinski definition) is 7. The van der Waals surface area contributed by atoms with Gasteiger partial charge in [0.1, 0.15) is 5.82 Å². The van der Waals surface area contributed by atoms with Crippen LogP contribution in [0.25, 0.3) is 11.2 Å². The highest BCUT2D eigenvalue weighted by Gasteiger charge is 2.44. The van der Waals surface area contributed by atoms with Gasteiger partial charge >= 0.3 is 5.69 Å². The predicted molar refractivity (Wildman–Crippen MR) is 152 cm³/mol. The van der Waals surface area contributed by atoms with Crippen molar-refractivity contribution in [2.24, 2.45) is 14.1 Å². The van der Waals surface area contributed by atoms with Gasteiger partial charge in [-0.1, -0.05) is 30.3 Å².